The largest absolute Gasteiger partial charge is 0.330 e. The lowest BCUT2D eigenvalue weighted by Gasteiger charge is -2.00. The van der Waals surface area contributed by atoms with Crippen LogP contribution in [0.3, 0.4) is 0 Å². The minimum absolute atomic E-state index is 0.891. The van der Waals surface area contributed by atoms with Crippen molar-refractivity contribution >= 4 is 0 Å². The third-order valence-electron chi connectivity index (χ3n) is 2.84. The summed E-state index contributed by atoms with van der Waals surface area (Å²) in [5, 5.41) is 0. The van der Waals surface area contributed by atoms with Gasteiger partial charge in [0.15, 0.2) is 0 Å². The second kappa shape index (κ2) is 1.98. The summed E-state index contributed by atoms with van der Waals surface area (Å²) in [7, 11) is 0. The molecule has 0 spiro atoms. The standard InChI is InChI=1S/C8H15N/c9-4-2-1-3-6-7-5-8(6)7/h6-8H,1-5,9H2. The molecule has 2 saturated carbocycles. The summed E-state index contributed by atoms with van der Waals surface area (Å²) in [4.78, 5) is 0. The molecule has 52 valence electrons. The first-order valence-corrected chi connectivity index (χ1v) is 4.13. The first-order chi connectivity index (χ1) is 4.43. The van der Waals surface area contributed by atoms with Gasteiger partial charge in [-0.1, -0.05) is 6.42 Å². The Morgan fingerprint density at radius 1 is 1.22 bits per heavy atom. The average Bonchev–Trinajstić information content (AvgIpc) is 2.64. The predicted octanol–water partition coefficient (Wildman–Crippen LogP) is 1.38. The highest BCUT2D eigenvalue weighted by atomic mass is 14.7. The van der Waals surface area contributed by atoms with Crippen LogP contribution >= 0.6 is 0 Å². The Morgan fingerprint density at radius 2 is 2.00 bits per heavy atom. The highest BCUT2D eigenvalue weighted by Crippen LogP contribution is 2.69. The number of fused-ring (bicyclic) bond motifs is 1. The van der Waals surface area contributed by atoms with E-state index in [1.807, 2.05) is 0 Å². The molecule has 0 bridgehead atoms. The lowest BCUT2D eigenvalue weighted by atomic mass is 10.1. The maximum Gasteiger partial charge on any atom is -0.00773 e. The van der Waals surface area contributed by atoms with E-state index in [4.69, 9.17) is 5.73 Å². The SMILES string of the molecule is NCCCCC1C2CC12. The van der Waals surface area contributed by atoms with Crippen LogP contribution in [-0.2, 0) is 0 Å². The Balaban J connectivity index is 1.49. The molecule has 0 aromatic heterocycles. The van der Waals surface area contributed by atoms with Crippen molar-refractivity contribution in [3.63, 3.8) is 0 Å². The molecule has 2 atom stereocenters. The molecule has 2 N–H and O–H groups in total. The van der Waals surface area contributed by atoms with Crippen molar-refractivity contribution in [2.75, 3.05) is 6.54 Å². The van der Waals surface area contributed by atoms with E-state index in [2.05, 4.69) is 0 Å². The monoisotopic (exact) mass is 125 g/mol. The molecule has 2 aliphatic carbocycles. The van der Waals surface area contributed by atoms with Crippen LogP contribution in [0.15, 0.2) is 0 Å². The predicted molar refractivity (Wildman–Crippen MR) is 38.0 cm³/mol. The van der Waals surface area contributed by atoms with Crippen molar-refractivity contribution < 1.29 is 0 Å². The summed E-state index contributed by atoms with van der Waals surface area (Å²) >= 11 is 0. The van der Waals surface area contributed by atoms with Crippen LogP contribution in [-0.4, -0.2) is 6.54 Å². The maximum atomic E-state index is 5.38. The zero-order chi connectivity index (χ0) is 6.27. The summed E-state index contributed by atoms with van der Waals surface area (Å²) in [6.07, 6.45) is 5.67. The molecule has 1 nitrogen and oxygen atoms in total. The Bertz CT molecular complexity index is 103. The smallest absolute Gasteiger partial charge is 0.00773 e. The van der Waals surface area contributed by atoms with Crippen LogP contribution in [0.5, 0.6) is 0 Å². The number of unbranched alkanes of at least 4 members (excludes halogenated alkanes) is 1. The van der Waals surface area contributed by atoms with Gasteiger partial charge in [0.05, 0.1) is 0 Å². The van der Waals surface area contributed by atoms with E-state index in [1.165, 1.54) is 31.1 Å². The molecule has 2 fully saturated rings. The molecule has 0 aromatic rings. The van der Waals surface area contributed by atoms with Crippen LogP contribution < -0.4 is 5.73 Å². The fourth-order valence-electron chi connectivity index (χ4n) is 1.87. The number of rotatable bonds is 4. The van der Waals surface area contributed by atoms with Crippen LogP contribution in [0.2, 0.25) is 0 Å². The zero-order valence-corrected chi connectivity index (χ0v) is 5.84. The average molecular weight is 125 g/mol. The Hall–Kier alpha value is -0.0400. The van der Waals surface area contributed by atoms with Gasteiger partial charge in [0.1, 0.15) is 0 Å². The number of hydrogen-bond donors (Lipinski definition) is 1. The lowest BCUT2D eigenvalue weighted by molar-refractivity contribution is 0.527. The molecule has 2 unspecified atom stereocenters. The van der Waals surface area contributed by atoms with Crippen molar-refractivity contribution in [3.05, 3.63) is 0 Å². The second-order valence-electron chi connectivity index (χ2n) is 3.51. The number of nitrogens with two attached hydrogens (primary N) is 1. The molecular weight excluding hydrogens is 110 g/mol. The molecule has 0 saturated heterocycles. The molecule has 2 rings (SSSR count). The van der Waals surface area contributed by atoms with E-state index in [0.29, 0.717) is 0 Å². The minimum Gasteiger partial charge on any atom is -0.330 e. The van der Waals surface area contributed by atoms with Crippen molar-refractivity contribution in [1.82, 2.24) is 0 Å². The quantitative estimate of drug-likeness (QED) is 0.564. The van der Waals surface area contributed by atoms with Gasteiger partial charge in [0.25, 0.3) is 0 Å². The highest BCUT2D eigenvalue weighted by molar-refractivity contribution is 5.11. The van der Waals surface area contributed by atoms with Crippen molar-refractivity contribution in [3.8, 4) is 0 Å². The van der Waals surface area contributed by atoms with E-state index in [-0.39, 0.29) is 0 Å². The summed E-state index contributed by atoms with van der Waals surface area (Å²) in [6.45, 7) is 0.891. The molecule has 2 aliphatic rings. The van der Waals surface area contributed by atoms with Gasteiger partial charge < -0.3 is 5.73 Å². The second-order valence-corrected chi connectivity index (χ2v) is 3.51. The molecule has 9 heavy (non-hydrogen) atoms. The molecule has 0 radical (unpaired) electrons. The first kappa shape index (κ1) is 5.72. The van der Waals surface area contributed by atoms with E-state index < -0.39 is 0 Å². The van der Waals surface area contributed by atoms with Gasteiger partial charge >= 0.3 is 0 Å². The van der Waals surface area contributed by atoms with E-state index >= 15 is 0 Å². The zero-order valence-electron chi connectivity index (χ0n) is 5.84. The third-order valence-corrected chi connectivity index (χ3v) is 2.84. The van der Waals surface area contributed by atoms with Crippen molar-refractivity contribution in [1.29, 1.82) is 0 Å². The molecule has 0 amide bonds. The van der Waals surface area contributed by atoms with Crippen LogP contribution in [0.4, 0.5) is 0 Å². The van der Waals surface area contributed by atoms with Gasteiger partial charge in [0.2, 0.25) is 0 Å². The summed E-state index contributed by atoms with van der Waals surface area (Å²) in [6, 6.07) is 0. The van der Waals surface area contributed by atoms with E-state index in [0.717, 1.165) is 12.5 Å². The summed E-state index contributed by atoms with van der Waals surface area (Å²) < 4.78 is 0. The molecular formula is C8H15N. The van der Waals surface area contributed by atoms with Crippen LogP contribution in [0.1, 0.15) is 25.7 Å². The molecule has 0 aromatic carbocycles. The van der Waals surface area contributed by atoms with Gasteiger partial charge in [-0.3, -0.25) is 0 Å². The maximum absolute atomic E-state index is 5.38. The normalized spacial score (nSPS) is 44.3. The minimum atomic E-state index is 0.891. The highest BCUT2D eigenvalue weighted by Gasteiger charge is 2.62. The van der Waals surface area contributed by atoms with Crippen molar-refractivity contribution in [2.45, 2.75) is 25.7 Å². The summed E-state index contributed by atoms with van der Waals surface area (Å²) in [5.41, 5.74) is 5.38. The van der Waals surface area contributed by atoms with Gasteiger partial charge in [-0.05, 0) is 43.6 Å². The van der Waals surface area contributed by atoms with Crippen LogP contribution in [0.25, 0.3) is 0 Å². The molecule has 1 heteroatoms. The van der Waals surface area contributed by atoms with Gasteiger partial charge in [0, 0.05) is 0 Å². The van der Waals surface area contributed by atoms with Crippen molar-refractivity contribution in [2.24, 2.45) is 23.5 Å². The van der Waals surface area contributed by atoms with Gasteiger partial charge in [-0.2, -0.15) is 0 Å². The van der Waals surface area contributed by atoms with E-state index in [9.17, 15) is 0 Å². The lowest BCUT2D eigenvalue weighted by Crippen LogP contribution is -1.99. The number of hydrogen-bond acceptors (Lipinski definition) is 1. The van der Waals surface area contributed by atoms with Gasteiger partial charge in [-0.15, -0.1) is 0 Å². The molecule has 0 aliphatic heterocycles. The van der Waals surface area contributed by atoms with Gasteiger partial charge in [-0.25, -0.2) is 0 Å². The third kappa shape index (κ3) is 0.983. The topological polar surface area (TPSA) is 26.0 Å². The first-order valence-electron chi connectivity index (χ1n) is 4.13. The fraction of sp³-hybridized carbons (Fsp3) is 1.00. The summed E-state index contributed by atoms with van der Waals surface area (Å²) in [5.74, 6) is 3.56. The van der Waals surface area contributed by atoms with E-state index in [1.54, 1.807) is 6.42 Å². The Morgan fingerprint density at radius 3 is 2.44 bits per heavy atom. The van der Waals surface area contributed by atoms with Crippen LogP contribution in [0, 0.1) is 17.8 Å². The Kier molecular flexibility index (Phi) is 1.26. The molecule has 0 heterocycles. The fourth-order valence-corrected chi connectivity index (χ4v) is 1.87. The Labute approximate surface area is 56.6 Å².